The average molecular weight is 260 g/mol. The summed E-state index contributed by atoms with van der Waals surface area (Å²) in [6.07, 6.45) is -4.70. The molecule has 7 heteroatoms. The molecule has 0 fully saturated rings. The zero-order valence-corrected chi connectivity index (χ0v) is 8.82. The normalized spacial score (nSPS) is 11.9. The highest BCUT2D eigenvalue weighted by atomic mass is 19.4. The second-order valence-electron chi connectivity index (χ2n) is 3.52. The summed E-state index contributed by atoms with van der Waals surface area (Å²) in [7, 11) is 0. The van der Waals surface area contributed by atoms with Crippen LogP contribution in [0.1, 0.15) is 16.1 Å². The lowest BCUT2D eigenvalue weighted by Crippen LogP contribution is -2.12. The summed E-state index contributed by atoms with van der Waals surface area (Å²) in [6.45, 7) is -0.632. The van der Waals surface area contributed by atoms with Crippen LogP contribution >= 0.6 is 0 Å². The summed E-state index contributed by atoms with van der Waals surface area (Å²) in [4.78, 5) is 10.6. The van der Waals surface area contributed by atoms with Crippen LogP contribution in [0.25, 0.3) is 11.0 Å². The van der Waals surface area contributed by atoms with Crippen molar-refractivity contribution in [1.82, 2.24) is 0 Å². The number of carboxylic acid groups (broad SMARTS) is 1. The maximum Gasteiger partial charge on any atom is 0.522 e. The molecule has 0 saturated carbocycles. The molecule has 0 aliphatic rings. The number of furan rings is 1. The first kappa shape index (κ1) is 12.4. The summed E-state index contributed by atoms with van der Waals surface area (Å²) in [5, 5.41) is 9.11. The van der Waals surface area contributed by atoms with E-state index in [9.17, 15) is 18.0 Å². The van der Waals surface area contributed by atoms with Crippen LogP contribution in [0.5, 0.6) is 0 Å². The zero-order chi connectivity index (χ0) is 13.3. The summed E-state index contributed by atoms with van der Waals surface area (Å²) in [5.74, 6) is -1.50. The monoisotopic (exact) mass is 260 g/mol. The van der Waals surface area contributed by atoms with Crippen molar-refractivity contribution in [3.8, 4) is 0 Å². The molecule has 18 heavy (non-hydrogen) atoms. The van der Waals surface area contributed by atoms with Gasteiger partial charge in [0.15, 0.2) is 0 Å². The second-order valence-corrected chi connectivity index (χ2v) is 3.52. The van der Waals surface area contributed by atoms with E-state index < -0.39 is 18.9 Å². The summed E-state index contributed by atoms with van der Waals surface area (Å²) in [5.41, 5.74) is 0.570. The van der Waals surface area contributed by atoms with Gasteiger partial charge < -0.3 is 9.52 Å². The van der Waals surface area contributed by atoms with Crippen molar-refractivity contribution >= 4 is 16.9 Å². The minimum Gasteiger partial charge on any atom is -0.475 e. The molecule has 2 rings (SSSR count). The topological polar surface area (TPSA) is 59.7 Å². The van der Waals surface area contributed by atoms with Gasteiger partial charge >= 0.3 is 12.3 Å². The van der Waals surface area contributed by atoms with Gasteiger partial charge in [0.1, 0.15) is 5.58 Å². The molecule has 0 radical (unpaired) electrons. The van der Waals surface area contributed by atoms with E-state index in [0.29, 0.717) is 11.0 Å². The SMILES string of the molecule is O=C(O)c1cc2cc(COC(F)(F)F)ccc2o1. The average Bonchev–Trinajstić information content (AvgIpc) is 2.68. The molecular formula is C11H7F3O4. The summed E-state index contributed by atoms with van der Waals surface area (Å²) < 4.78 is 44.2. The first-order valence-corrected chi connectivity index (χ1v) is 4.81. The van der Waals surface area contributed by atoms with Crippen LogP contribution in [0, 0.1) is 0 Å². The van der Waals surface area contributed by atoms with Gasteiger partial charge in [0.05, 0.1) is 6.61 Å². The van der Waals surface area contributed by atoms with Crippen molar-refractivity contribution in [3.63, 3.8) is 0 Å². The highest BCUT2D eigenvalue weighted by Gasteiger charge is 2.28. The Balaban J connectivity index is 2.24. The van der Waals surface area contributed by atoms with Crippen LogP contribution in [-0.4, -0.2) is 17.4 Å². The number of alkyl halides is 3. The number of rotatable bonds is 3. The largest absolute Gasteiger partial charge is 0.522 e. The number of halogens is 3. The van der Waals surface area contributed by atoms with E-state index in [4.69, 9.17) is 9.52 Å². The highest BCUT2D eigenvalue weighted by molar-refractivity contribution is 5.91. The third-order valence-electron chi connectivity index (χ3n) is 2.19. The van der Waals surface area contributed by atoms with Gasteiger partial charge in [0.25, 0.3) is 0 Å². The standard InChI is InChI=1S/C11H7F3O4/c12-11(13,14)17-5-6-1-2-8-7(3-6)4-9(18-8)10(15)16/h1-4H,5H2,(H,15,16). The molecule has 0 spiro atoms. The predicted octanol–water partition coefficient (Wildman–Crippen LogP) is 3.17. The van der Waals surface area contributed by atoms with Crippen LogP contribution < -0.4 is 0 Å². The van der Waals surface area contributed by atoms with Crippen molar-refractivity contribution in [2.45, 2.75) is 13.0 Å². The molecule has 4 nitrogen and oxygen atoms in total. The smallest absolute Gasteiger partial charge is 0.475 e. The fourth-order valence-electron chi connectivity index (χ4n) is 1.45. The molecule has 1 heterocycles. The van der Waals surface area contributed by atoms with Gasteiger partial charge in [0, 0.05) is 5.39 Å². The minimum absolute atomic E-state index is 0.265. The Morgan fingerprint density at radius 1 is 1.33 bits per heavy atom. The Bertz CT molecular complexity index is 585. The third kappa shape index (κ3) is 2.80. The van der Waals surface area contributed by atoms with Crippen LogP contribution in [0.15, 0.2) is 28.7 Å². The molecule has 0 aliphatic carbocycles. The number of hydrogen-bond donors (Lipinski definition) is 1. The number of benzene rings is 1. The predicted molar refractivity (Wildman–Crippen MR) is 54.0 cm³/mol. The van der Waals surface area contributed by atoms with Crippen LogP contribution in [0.4, 0.5) is 13.2 Å². The van der Waals surface area contributed by atoms with Gasteiger partial charge in [-0.15, -0.1) is 13.2 Å². The van der Waals surface area contributed by atoms with E-state index in [1.54, 1.807) is 0 Å². The maximum atomic E-state index is 11.8. The van der Waals surface area contributed by atoms with Gasteiger partial charge in [0.2, 0.25) is 5.76 Å². The molecule has 1 N–H and O–H groups in total. The maximum absolute atomic E-state index is 11.8. The van der Waals surface area contributed by atoms with E-state index in [-0.39, 0.29) is 11.3 Å². The molecule has 0 unspecified atom stereocenters. The Morgan fingerprint density at radius 3 is 2.67 bits per heavy atom. The third-order valence-corrected chi connectivity index (χ3v) is 2.19. The fourth-order valence-corrected chi connectivity index (χ4v) is 1.45. The molecule has 2 aromatic rings. The molecule has 96 valence electrons. The number of carbonyl (C=O) groups is 1. The molecule has 1 aromatic heterocycles. The van der Waals surface area contributed by atoms with Gasteiger partial charge in [-0.3, -0.25) is 4.74 Å². The number of fused-ring (bicyclic) bond motifs is 1. The van der Waals surface area contributed by atoms with Gasteiger partial charge in [-0.2, -0.15) is 0 Å². The Hall–Kier alpha value is -2.02. The van der Waals surface area contributed by atoms with E-state index in [1.807, 2.05) is 0 Å². The lowest BCUT2D eigenvalue weighted by atomic mass is 10.2. The molecule has 0 saturated heterocycles. The highest BCUT2D eigenvalue weighted by Crippen LogP contribution is 2.23. The minimum atomic E-state index is -4.70. The summed E-state index contributed by atoms with van der Waals surface area (Å²) >= 11 is 0. The van der Waals surface area contributed by atoms with Crippen LogP contribution in [0.3, 0.4) is 0 Å². The molecular weight excluding hydrogens is 253 g/mol. The number of aromatic carboxylic acids is 1. The first-order chi connectivity index (χ1) is 8.35. The molecule has 0 amide bonds. The first-order valence-electron chi connectivity index (χ1n) is 4.81. The lowest BCUT2D eigenvalue weighted by Gasteiger charge is -2.06. The Kier molecular flexibility index (Phi) is 3.00. The number of ether oxygens (including phenoxy) is 1. The van der Waals surface area contributed by atoms with E-state index in [1.165, 1.54) is 24.3 Å². The molecule has 1 aromatic carbocycles. The van der Waals surface area contributed by atoms with Gasteiger partial charge in [-0.25, -0.2) is 4.79 Å². The van der Waals surface area contributed by atoms with E-state index >= 15 is 0 Å². The quantitative estimate of drug-likeness (QED) is 0.920. The number of carboxylic acids is 1. The van der Waals surface area contributed by atoms with Crippen LogP contribution in [-0.2, 0) is 11.3 Å². The van der Waals surface area contributed by atoms with Crippen molar-refractivity contribution in [2.24, 2.45) is 0 Å². The zero-order valence-electron chi connectivity index (χ0n) is 8.82. The summed E-state index contributed by atoms with van der Waals surface area (Å²) in [6, 6.07) is 5.41. The molecule has 0 atom stereocenters. The van der Waals surface area contributed by atoms with Crippen molar-refractivity contribution in [2.75, 3.05) is 0 Å². The molecule has 0 aliphatic heterocycles. The Morgan fingerprint density at radius 2 is 2.06 bits per heavy atom. The van der Waals surface area contributed by atoms with Crippen molar-refractivity contribution in [3.05, 3.63) is 35.6 Å². The molecule has 0 bridgehead atoms. The fraction of sp³-hybridized carbons (Fsp3) is 0.182. The van der Waals surface area contributed by atoms with E-state index in [2.05, 4.69) is 4.74 Å². The van der Waals surface area contributed by atoms with Gasteiger partial charge in [-0.1, -0.05) is 6.07 Å². The number of hydrogen-bond acceptors (Lipinski definition) is 3. The van der Waals surface area contributed by atoms with Crippen LogP contribution in [0.2, 0.25) is 0 Å². The van der Waals surface area contributed by atoms with Crippen molar-refractivity contribution < 1.29 is 32.2 Å². The lowest BCUT2D eigenvalue weighted by molar-refractivity contribution is -0.330. The second kappa shape index (κ2) is 4.34. The van der Waals surface area contributed by atoms with Gasteiger partial charge in [-0.05, 0) is 23.8 Å². The van der Waals surface area contributed by atoms with E-state index in [0.717, 1.165) is 0 Å². The Labute approximate surface area is 98.6 Å². The van der Waals surface area contributed by atoms with Crippen molar-refractivity contribution in [1.29, 1.82) is 0 Å².